The molecule has 0 spiro atoms. The lowest BCUT2D eigenvalue weighted by atomic mass is 10.1. The van der Waals surface area contributed by atoms with Crippen LogP contribution in [0.2, 0.25) is 0 Å². The number of nitro groups is 3. The number of fused-ring (bicyclic) bond motifs is 1. The molecule has 3 N–H and O–H groups in total. The van der Waals surface area contributed by atoms with Gasteiger partial charge < -0.3 is 10.8 Å². The van der Waals surface area contributed by atoms with E-state index < -0.39 is 37.6 Å². The van der Waals surface area contributed by atoms with Gasteiger partial charge in [0.1, 0.15) is 5.84 Å². The summed E-state index contributed by atoms with van der Waals surface area (Å²) in [4.78, 5) is 31.9. The monoisotopic (exact) mass is 361 g/mol. The Morgan fingerprint density at radius 2 is 1.50 bits per heavy atom. The van der Waals surface area contributed by atoms with E-state index >= 15 is 0 Å². The molecule has 2 aromatic rings. The van der Waals surface area contributed by atoms with Gasteiger partial charge in [0.25, 0.3) is 11.4 Å². The molecule has 2 aromatic carbocycles. The zero-order valence-corrected chi connectivity index (χ0v) is 12.9. The SMILES string of the molecule is NC1=NCc2ccccc21.O=[N+]([O-])c1cc([N+](=O)[O-])c(O)c([N+](=O)[O-])c1. The zero-order valence-electron chi connectivity index (χ0n) is 12.9. The Hall–Kier alpha value is -4.09. The maximum absolute atomic E-state index is 10.4. The van der Waals surface area contributed by atoms with Crippen LogP contribution in [0.25, 0.3) is 0 Å². The third-order valence-corrected chi connectivity index (χ3v) is 3.37. The first-order chi connectivity index (χ1) is 12.2. The summed E-state index contributed by atoms with van der Waals surface area (Å²) in [5, 5.41) is 40.2. The number of phenols is 1. The van der Waals surface area contributed by atoms with Crippen LogP contribution in [0.15, 0.2) is 41.4 Å². The molecule has 3 rings (SSSR count). The summed E-state index contributed by atoms with van der Waals surface area (Å²) in [6.07, 6.45) is 0. The molecular formula is C14H11N5O7. The molecule has 0 aliphatic carbocycles. The number of aromatic hydroxyl groups is 1. The highest BCUT2D eigenvalue weighted by molar-refractivity contribution is 6.00. The van der Waals surface area contributed by atoms with Crippen molar-refractivity contribution in [1.82, 2.24) is 0 Å². The number of amidine groups is 1. The van der Waals surface area contributed by atoms with Gasteiger partial charge >= 0.3 is 11.4 Å². The molecule has 0 atom stereocenters. The number of aliphatic imine (C=N–C) groups is 1. The molecule has 134 valence electrons. The van der Waals surface area contributed by atoms with Gasteiger partial charge in [-0.2, -0.15) is 0 Å². The Labute approximate surface area is 144 Å². The van der Waals surface area contributed by atoms with Gasteiger partial charge in [0.15, 0.2) is 0 Å². The molecule has 12 heteroatoms. The summed E-state index contributed by atoms with van der Waals surface area (Å²) in [5.41, 5.74) is 4.93. The van der Waals surface area contributed by atoms with Crippen LogP contribution in [0.5, 0.6) is 5.75 Å². The van der Waals surface area contributed by atoms with E-state index in [9.17, 15) is 30.3 Å². The molecule has 1 heterocycles. The van der Waals surface area contributed by atoms with Gasteiger partial charge in [0.2, 0.25) is 0 Å². The highest BCUT2D eigenvalue weighted by Gasteiger charge is 2.30. The van der Waals surface area contributed by atoms with Gasteiger partial charge in [-0.1, -0.05) is 24.3 Å². The lowest BCUT2D eigenvalue weighted by molar-refractivity contribution is -0.404. The number of phenolic OH excluding ortho intramolecular Hbond substituents is 1. The maximum atomic E-state index is 10.4. The Balaban J connectivity index is 0.000000206. The van der Waals surface area contributed by atoms with E-state index in [-0.39, 0.29) is 0 Å². The minimum absolute atomic E-state index is 0.447. The summed E-state index contributed by atoms with van der Waals surface area (Å²) in [6.45, 7) is 0.752. The van der Waals surface area contributed by atoms with Crippen LogP contribution in [0.4, 0.5) is 17.1 Å². The smallest absolute Gasteiger partial charge is 0.324 e. The number of rotatable bonds is 3. The van der Waals surface area contributed by atoms with E-state index in [1.54, 1.807) is 0 Å². The lowest BCUT2D eigenvalue weighted by Crippen LogP contribution is -2.09. The lowest BCUT2D eigenvalue weighted by Gasteiger charge is -1.97. The van der Waals surface area contributed by atoms with E-state index in [0.717, 1.165) is 12.1 Å². The highest BCUT2D eigenvalue weighted by Crippen LogP contribution is 2.38. The summed E-state index contributed by atoms with van der Waals surface area (Å²) in [6, 6.07) is 8.93. The minimum Gasteiger partial charge on any atom is -0.497 e. The van der Waals surface area contributed by atoms with Crippen molar-refractivity contribution in [3.05, 3.63) is 77.9 Å². The first-order valence-corrected chi connectivity index (χ1v) is 6.90. The van der Waals surface area contributed by atoms with Gasteiger partial charge in [0, 0.05) is 5.56 Å². The predicted molar refractivity (Wildman–Crippen MR) is 88.9 cm³/mol. The van der Waals surface area contributed by atoms with Crippen molar-refractivity contribution in [2.75, 3.05) is 0 Å². The molecule has 0 amide bonds. The highest BCUT2D eigenvalue weighted by atomic mass is 16.6. The molecule has 26 heavy (non-hydrogen) atoms. The molecule has 12 nitrogen and oxygen atoms in total. The van der Waals surface area contributed by atoms with Crippen molar-refractivity contribution < 1.29 is 19.9 Å². The van der Waals surface area contributed by atoms with Gasteiger partial charge in [-0.05, 0) is 5.56 Å². The molecule has 0 unspecified atom stereocenters. The standard InChI is InChI=1S/C8H8N2.C6H3N3O7/c9-8-7-4-2-1-3-6(7)5-10-8;10-6-4(8(13)14)1-3(7(11)12)2-5(6)9(15)16/h1-4H,5H2,(H2,9,10);1-2,10H. The van der Waals surface area contributed by atoms with E-state index in [4.69, 9.17) is 10.8 Å². The number of nitro benzene ring substituents is 3. The summed E-state index contributed by atoms with van der Waals surface area (Å²) < 4.78 is 0. The maximum Gasteiger partial charge on any atom is 0.324 e. The first-order valence-electron chi connectivity index (χ1n) is 6.90. The van der Waals surface area contributed by atoms with Gasteiger partial charge in [0.05, 0.1) is 33.4 Å². The molecule has 1 aliphatic heterocycles. The van der Waals surface area contributed by atoms with Crippen molar-refractivity contribution in [2.24, 2.45) is 10.7 Å². The summed E-state index contributed by atoms with van der Waals surface area (Å²) >= 11 is 0. The Kier molecular flexibility index (Phi) is 5.06. The average Bonchev–Trinajstić information content (AvgIpc) is 2.96. The summed E-state index contributed by atoms with van der Waals surface area (Å²) in [7, 11) is 0. The molecule has 0 saturated heterocycles. The number of nitrogens with two attached hydrogens (primary N) is 1. The van der Waals surface area contributed by atoms with E-state index in [1.165, 1.54) is 5.56 Å². The summed E-state index contributed by atoms with van der Waals surface area (Å²) in [5.74, 6) is -0.531. The quantitative estimate of drug-likeness (QED) is 0.613. The minimum atomic E-state index is -1.21. The zero-order chi connectivity index (χ0) is 19.4. The van der Waals surface area contributed by atoms with Crippen LogP contribution in [0.1, 0.15) is 11.1 Å². The number of non-ortho nitro benzene ring substituents is 1. The van der Waals surface area contributed by atoms with Crippen LogP contribution in [-0.2, 0) is 6.54 Å². The number of benzene rings is 2. The second-order valence-electron chi connectivity index (χ2n) is 4.96. The Morgan fingerprint density at radius 3 is 1.96 bits per heavy atom. The van der Waals surface area contributed by atoms with Crippen LogP contribution in [0, 0.1) is 30.3 Å². The molecule has 0 bridgehead atoms. The van der Waals surface area contributed by atoms with Crippen molar-refractivity contribution in [3.8, 4) is 5.75 Å². The molecule has 0 saturated carbocycles. The topological polar surface area (TPSA) is 188 Å². The molecule has 0 radical (unpaired) electrons. The van der Waals surface area contributed by atoms with Crippen LogP contribution in [0.3, 0.4) is 0 Å². The average molecular weight is 361 g/mol. The van der Waals surface area contributed by atoms with Gasteiger partial charge in [-0.25, -0.2) is 0 Å². The van der Waals surface area contributed by atoms with Crippen molar-refractivity contribution >= 4 is 22.9 Å². The molecule has 0 fully saturated rings. The van der Waals surface area contributed by atoms with Crippen LogP contribution < -0.4 is 5.73 Å². The fraction of sp³-hybridized carbons (Fsp3) is 0.0714. The van der Waals surface area contributed by atoms with Crippen molar-refractivity contribution in [3.63, 3.8) is 0 Å². The number of nitrogens with zero attached hydrogens (tertiary/aromatic N) is 4. The normalized spacial score (nSPS) is 11.6. The van der Waals surface area contributed by atoms with E-state index in [0.29, 0.717) is 18.0 Å². The fourth-order valence-corrected chi connectivity index (χ4v) is 2.14. The van der Waals surface area contributed by atoms with Crippen LogP contribution in [-0.4, -0.2) is 25.7 Å². The van der Waals surface area contributed by atoms with E-state index in [2.05, 4.69) is 11.1 Å². The predicted octanol–water partition coefficient (Wildman–Crippen LogP) is 2.02. The Morgan fingerprint density at radius 1 is 0.962 bits per heavy atom. The largest absolute Gasteiger partial charge is 0.497 e. The van der Waals surface area contributed by atoms with Crippen LogP contribution >= 0.6 is 0 Å². The number of hydrogen-bond acceptors (Lipinski definition) is 9. The Bertz CT molecular complexity index is 906. The first kappa shape index (κ1) is 18.3. The molecule has 0 aromatic heterocycles. The number of hydrogen-bond donors (Lipinski definition) is 2. The van der Waals surface area contributed by atoms with Crippen molar-refractivity contribution in [2.45, 2.75) is 6.54 Å². The molecular weight excluding hydrogens is 350 g/mol. The van der Waals surface area contributed by atoms with Crippen molar-refractivity contribution in [1.29, 1.82) is 0 Å². The van der Waals surface area contributed by atoms with Gasteiger partial charge in [-0.15, -0.1) is 0 Å². The molecule has 1 aliphatic rings. The van der Waals surface area contributed by atoms with E-state index in [1.807, 2.05) is 18.2 Å². The van der Waals surface area contributed by atoms with Gasteiger partial charge in [-0.3, -0.25) is 35.3 Å². The third kappa shape index (κ3) is 3.69. The second kappa shape index (κ2) is 7.21. The third-order valence-electron chi connectivity index (χ3n) is 3.37. The second-order valence-corrected chi connectivity index (χ2v) is 4.96. The fourth-order valence-electron chi connectivity index (χ4n) is 2.14.